The van der Waals surface area contributed by atoms with Gasteiger partial charge < -0.3 is 9.47 Å². The molecule has 2 nitrogen and oxygen atoms in total. The molecule has 0 aliphatic heterocycles. The largest absolute Gasteiger partial charge is 0.310 e. The van der Waals surface area contributed by atoms with Gasteiger partial charge in [0.15, 0.2) is 8.07 Å². The molecule has 0 unspecified atom stereocenters. The second kappa shape index (κ2) is 19.1. The second-order valence-corrected chi connectivity index (χ2v) is 22.2. The van der Waals surface area contributed by atoms with Gasteiger partial charge in [0.1, 0.15) is 0 Å². The maximum atomic E-state index is 4.16. The minimum Gasteiger partial charge on any atom is -0.310 e. The van der Waals surface area contributed by atoms with E-state index >= 15 is 0 Å². The van der Waals surface area contributed by atoms with E-state index in [4.69, 9.17) is 0 Å². The van der Waals surface area contributed by atoms with Crippen LogP contribution in [0.4, 0.5) is 17.1 Å². The van der Waals surface area contributed by atoms with E-state index in [0.29, 0.717) is 0 Å². The molecule has 12 aromatic rings. The van der Waals surface area contributed by atoms with Gasteiger partial charge in [-0.05, 0) is 132 Å². The van der Waals surface area contributed by atoms with E-state index in [1.54, 1.807) is 0 Å². The molecular weight excluding hydrogens is 885 g/mol. The van der Waals surface area contributed by atoms with Gasteiger partial charge in [0.2, 0.25) is 0 Å². The fourth-order valence-corrected chi connectivity index (χ4v) is 16.0. The highest BCUT2D eigenvalue weighted by Crippen LogP contribution is 2.44. The first-order valence-corrected chi connectivity index (χ1v) is 26.8. The number of hydrogen-bond acceptors (Lipinski definition) is 1. The Morgan fingerprint density at radius 1 is 0.417 bits per heavy atom. The van der Waals surface area contributed by atoms with Crippen LogP contribution in [0.2, 0.25) is 0 Å². The molecule has 0 radical (unpaired) electrons. The molecule has 0 saturated heterocycles. The van der Waals surface area contributed by atoms with Crippen molar-refractivity contribution in [3.05, 3.63) is 291 Å². The number of anilines is 3. The minimum atomic E-state index is -2.72. The number of allylic oxidation sites excluding steroid dienone is 1. The zero-order valence-electron chi connectivity index (χ0n) is 40.2. The third-order valence-corrected chi connectivity index (χ3v) is 19.2. The molecule has 1 aromatic heterocycles. The van der Waals surface area contributed by atoms with Gasteiger partial charge >= 0.3 is 0 Å². The Kier molecular flexibility index (Phi) is 11.7. The lowest BCUT2D eigenvalue weighted by Gasteiger charge is -2.34. The minimum absolute atomic E-state index is 1.08. The van der Waals surface area contributed by atoms with E-state index in [1.165, 1.54) is 70.1 Å². The van der Waals surface area contributed by atoms with Crippen molar-refractivity contribution in [2.45, 2.75) is 6.92 Å². The Bertz CT molecular complexity index is 3820. The van der Waals surface area contributed by atoms with Crippen molar-refractivity contribution in [2.24, 2.45) is 0 Å². The highest BCUT2D eigenvalue weighted by atomic mass is 28.3. The molecule has 0 N–H and O–H groups in total. The standard InChI is InChI=1S/C69H52N2Si/c1-3-21-52-36-37-55-48-54(42-47-64(55)63(52)4-2)51-40-45-58(46-41-51)70(67-34-20-35-68-69(67)65-32-17-18-33-66(65)71(68)56-23-9-5-10-24-56)57-43-38-50(39-44-57)53-22-19-31-62(49-53)72(59-25-11-6-12-26-59,60-27-13-7-14-28-60)61-29-15-8-16-30-61/h3-49H,2H2,1H3/b21-3-. The van der Waals surface area contributed by atoms with Crippen LogP contribution in [-0.2, 0) is 0 Å². The number of benzene rings is 11. The van der Waals surface area contributed by atoms with E-state index in [2.05, 4.69) is 302 Å². The van der Waals surface area contributed by atoms with Gasteiger partial charge in [0, 0.05) is 27.8 Å². The molecule has 1 heterocycles. The molecular formula is C69H52N2Si. The summed E-state index contributed by atoms with van der Waals surface area (Å²) in [5.41, 5.74) is 13.8. The number of hydrogen-bond donors (Lipinski definition) is 0. The summed E-state index contributed by atoms with van der Waals surface area (Å²) in [5, 5.41) is 10.2. The molecule has 342 valence electrons. The van der Waals surface area contributed by atoms with Crippen LogP contribution in [0.1, 0.15) is 18.1 Å². The summed E-state index contributed by atoms with van der Waals surface area (Å²) in [4.78, 5) is 2.44. The maximum absolute atomic E-state index is 4.16. The molecule has 0 bridgehead atoms. The highest BCUT2D eigenvalue weighted by molar-refractivity contribution is 7.19. The van der Waals surface area contributed by atoms with Crippen molar-refractivity contribution in [3.8, 4) is 27.9 Å². The van der Waals surface area contributed by atoms with Crippen LogP contribution >= 0.6 is 0 Å². The second-order valence-electron chi connectivity index (χ2n) is 18.4. The predicted octanol–water partition coefficient (Wildman–Crippen LogP) is 15.8. The Morgan fingerprint density at radius 2 is 0.931 bits per heavy atom. The molecule has 0 aliphatic carbocycles. The van der Waals surface area contributed by atoms with Gasteiger partial charge in [0.05, 0.1) is 16.7 Å². The van der Waals surface area contributed by atoms with Crippen LogP contribution in [0, 0.1) is 0 Å². The average Bonchev–Trinajstić information content (AvgIpc) is 3.80. The van der Waals surface area contributed by atoms with Gasteiger partial charge in [-0.3, -0.25) is 0 Å². The summed E-state index contributed by atoms with van der Waals surface area (Å²) in [7, 11) is -2.72. The summed E-state index contributed by atoms with van der Waals surface area (Å²) in [6, 6.07) is 98.5. The van der Waals surface area contributed by atoms with E-state index in [1.807, 2.05) is 6.08 Å². The number of para-hydroxylation sites is 2. The van der Waals surface area contributed by atoms with Crippen LogP contribution in [0.15, 0.2) is 280 Å². The predicted molar refractivity (Wildman–Crippen MR) is 312 cm³/mol. The van der Waals surface area contributed by atoms with E-state index in [-0.39, 0.29) is 0 Å². The van der Waals surface area contributed by atoms with E-state index < -0.39 is 8.07 Å². The smallest absolute Gasteiger partial charge is 0.179 e. The molecule has 0 aliphatic rings. The first-order valence-electron chi connectivity index (χ1n) is 24.8. The number of rotatable bonds is 12. The Balaban J connectivity index is 0.999. The van der Waals surface area contributed by atoms with E-state index in [0.717, 1.165) is 39.4 Å². The monoisotopic (exact) mass is 936 g/mol. The van der Waals surface area contributed by atoms with Crippen LogP contribution < -0.4 is 25.6 Å². The zero-order valence-corrected chi connectivity index (χ0v) is 41.2. The SMILES string of the molecule is C=Cc1c(/C=C\C)ccc2cc(-c3ccc(N(c4ccc(-c5cccc([Si](c6ccccc6)(c6ccccc6)c6ccccc6)c5)cc4)c4cccc5c4c4ccccc4n5-c4ccccc4)cc3)ccc12. The average molecular weight is 937 g/mol. The van der Waals surface area contributed by atoms with Gasteiger partial charge in [-0.15, -0.1) is 0 Å². The molecule has 0 amide bonds. The quantitative estimate of drug-likeness (QED) is 0.0875. The fourth-order valence-electron chi connectivity index (χ4n) is 11.2. The Hall–Kier alpha value is -9.02. The van der Waals surface area contributed by atoms with Crippen LogP contribution in [0.5, 0.6) is 0 Å². The van der Waals surface area contributed by atoms with Crippen molar-refractivity contribution < 1.29 is 0 Å². The van der Waals surface area contributed by atoms with Crippen molar-refractivity contribution >= 4 is 90.6 Å². The topological polar surface area (TPSA) is 8.17 Å². The van der Waals surface area contributed by atoms with Gasteiger partial charge in [0.25, 0.3) is 0 Å². The summed E-state index contributed by atoms with van der Waals surface area (Å²) < 4.78 is 2.40. The lowest BCUT2D eigenvalue weighted by Crippen LogP contribution is -2.74. The number of nitrogens with zero attached hydrogens (tertiary/aromatic N) is 2. The van der Waals surface area contributed by atoms with Crippen molar-refractivity contribution in [1.29, 1.82) is 0 Å². The first-order chi connectivity index (χ1) is 35.6. The van der Waals surface area contributed by atoms with Gasteiger partial charge in [-0.2, -0.15) is 0 Å². The van der Waals surface area contributed by atoms with Crippen molar-refractivity contribution in [3.63, 3.8) is 0 Å². The molecule has 0 spiro atoms. The van der Waals surface area contributed by atoms with Gasteiger partial charge in [-0.25, -0.2) is 0 Å². The number of fused-ring (bicyclic) bond motifs is 4. The molecule has 0 fully saturated rings. The molecule has 12 rings (SSSR count). The zero-order chi connectivity index (χ0) is 48.4. The lowest BCUT2D eigenvalue weighted by atomic mass is 9.95. The van der Waals surface area contributed by atoms with Gasteiger partial charge in [-0.1, -0.05) is 231 Å². The molecule has 0 saturated carbocycles. The fraction of sp³-hybridized carbons (Fsp3) is 0.0145. The Morgan fingerprint density at radius 3 is 1.53 bits per heavy atom. The summed E-state index contributed by atoms with van der Waals surface area (Å²) >= 11 is 0. The van der Waals surface area contributed by atoms with Crippen molar-refractivity contribution in [2.75, 3.05) is 4.90 Å². The first kappa shape index (κ1) is 44.2. The van der Waals surface area contributed by atoms with Crippen LogP contribution in [0.25, 0.3) is 72.7 Å². The summed E-state index contributed by atoms with van der Waals surface area (Å²) in [6.07, 6.45) is 6.20. The summed E-state index contributed by atoms with van der Waals surface area (Å²) in [6.45, 7) is 6.21. The summed E-state index contributed by atoms with van der Waals surface area (Å²) in [5.74, 6) is 0. The van der Waals surface area contributed by atoms with Crippen molar-refractivity contribution in [1.82, 2.24) is 4.57 Å². The molecule has 3 heteroatoms. The van der Waals surface area contributed by atoms with Crippen LogP contribution in [-0.4, -0.2) is 12.6 Å². The number of aromatic nitrogens is 1. The molecule has 11 aromatic carbocycles. The molecule has 72 heavy (non-hydrogen) atoms. The van der Waals surface area contributed by atoms with E-state index in [9.17, 15) is 0 Å². The maximum Gasteiger partial charge on any atom is 0.179 e. The normalized spacial score (nSPS) is 11.7. The van der Waals surface area contributed by atoms with Crippen LogP contribution in [0.3, 0.4) is 0 Å². The highest BCUT2D eigenvalue weighted by Gasteiger charge is 2.41. The third kappa shape index (κ3) is 7.68. The Labute approximate surface area is 423 Å². The third-order valence-electron chi connectivity index (χ3n) is 14.4. The lowest BCUT2D eigenvalue weighted by molar-refractivity contribution is 1.18. The molecule has 0 atom stereocenters.